The third-order valence-electron chi connectivity index (χ3n) is 3.69. The molecule has 2 N–H and O–H groups in total. The summed E-state index contributed by atoms with van der Waals surface area (Å²) in [7, 11) is 2.18. The van der Waals surface area contributed by atoms with Crippen LogP contribution in [0.4, 0.5) is 0 Å². The summed E-state index contributed by atoms with van der Waals surface area (Å²) in [6.45, 7) is 4.23. The first-order valence-electron chi connectivity index (χ1n) is 6.86. The van der Waals surface area contributed by atoms with Gasteiger partial charge in [0.25, 0.3) is 0 Å². The molecule has 0 amide bonds. The molecular formula is C15H22N2O2. The van der Waals surface area contributed by atoms with Gasteiger partial charge in [-0.15, -0.1) is 0 Å². The second-order valence-corrected chi connectivity index (χ2v) is 5.40. The Hall–Kier alpha value is -1.39. The molecule has 0 bridgehead atoms. The summed E-state index contributed by atoms with van der Waals surface area (Å²) < 4.78 is 0. The van der Waals surface area contributed by atoms with Crippen molar-refractivity contribution in [1.82, 2.24) is 10.2 Å². The summed E-state index contributed by atoms with van der Waals surface area (Å²) in [5, 5.41) is 12.3. The Morgan fingerprint density at radius 3 is 2.79 bits per heavy atom. The monoisotopic (exact) mass is 262 g/mol. The van der Waals surface area contributed by atoms with Crippen molar-refractivity contribution in [2.75, 3.05) is 26.7 Å². The lowest BCUT2D eigenvalue weighted by atomic mass is 9.98. The van der Waals surface area contributed by atoms with Crippen molar-refractivity contribution in [2.45, 2.75) is 19.4 Å². The number of hydrogen-bond acceptors (Lipinski definition) is 3. The average Bonchev–Trinajstić information content (AvgIpc) is 2.39. The largest absolute Gasteiger partial charge is 0.478 e. The standard InChI is InChI=1S/C15H22N2O2/c1-17-8-2-3-13(11-17)10-16-9-12-4-6-14(7-5-12)15(18)19/h4-7,13,16H,2-3,8-11H2,1H3,(H,18,19). The van der Waals surface area contributed by atoms with E-state index in [9.17, 15) is 4.79 Å². The highest BCUT2D eigenvalue weighted by atomic mass is 16.4. The van der Waals surface area contributed by atoms with Crippen molar-refractivity contribution in [3.8, 4) is 0 Å². The minimum Gasteiger partial charge on any atom is -0.478 e. The molecule has 4 nitrogen and oxygen atoms in total. The van der Waals surface area contributed by atoms with Crippen LogP contribution in [-0.4, -0.2) is 42.7 Å². The van der Waals surface area contributed by atoms with E-state index in [4.69, 9.17) is 5.11 Å². The van der Waals surface area contributed by atoms with E-state index >= 15 is 0 Å². The van der Waals surface area contributed by atoms with Crippen molar-refractivity contribution >= 4 is 5.97 Å². The summed E-state index contributed by atoms with van der Waals surface area (Å²) in [5.74, 6) is -0.137. The Bertz CT molecular complexity index is 417. The minimum absolute atomic E-state index is 0.345. The summed E-state index contributed by atoms with van der Waals surface area (Å²) in [4.78, 5) is 13.1. The number of carboxylic acid groups (broad SMARTS) is 1. The third-order valence-corrected chi connectivity index (χ3v) is 3.69. The smallest absolute Gasteiger partial charge is 0.335 e. The average molecular weight is 262 g/mol. The first-order valence-corrected chi connectivity index (χ1v) is 6.86. The van der Waals surface area contributed by atoms with Crippen molar-refractivity contribution in [2.24, 2.45) is 5.92 Å². The number of nitrogens with zero attached hydrogens (tertiary/aromatic N) is 1. The Labute approximate surface area is 114 Å². The minimum atomic E-state index is -0.871. The fourth-order valence-corrected chi connectivity index (χ4v) is 2.63. The zero-order valence-corrected chi connectivity index (χ0v) is 11.4. The highest BCUT2D eigenvalue weighted by Gasteiger charge is 2.16. The van der Waals surface area contributed by atoms with Crippen LogP contribution in [0, 0.1) is 5.92 Å². The lowest BCUT2D eigenvalue weighted by Crippen LogP contribution is -2.37. The Morgan fingerprint density at radius 2 is 2.16 bits per heavy atom. The van der Waals surface area contributed by atoms with Gasteiger partial charge in [-0.25, -0.2) is 4.79 Å². The lowest BCUT2D eigenvalue weighted by Gasteiger charge is -2.29. The fourth-order valence-electron chi connectivity index (χ4n) is 2.63. The molecule has 0 saturated carbocycles. The summed E-state index contributed by atoms with van der Waals surface area (Å²) >= 11 is 0. The SMILES string of the molecule is CN1CCCC(CNCc2ccc(C(=O)O)cc2)C1. The van der Waals surface area contributed by atoms with Gasteiger partial charge in [-0.05, 0) is 56.6 Å². The van der Waals surface area contributed by atoms with Gasteiger partial charge in [-0.2, -0.15) is 0 Å². The van der Waals surface area contributed by atoms with Gasteiger partial charge in [0, 0.05) is 13.1 Å². The molecule has 2 rings (SSSR count). The van der Waals surface area contributed by atoms with Crippen LogP contribution < -0.4 is 5.32 Å². The second kappa shape index (κ2) is 6.68. The number of carbonyl (C=O) groups is 1. The molecule has 1 aliphatic heterocycles. The highest BCUT2D eigenvalue weighted by Crippen LogP contribution is 2.14. The van der Waals surface area contributed by atoms with E-state index < -0.39 is 5.97 Å². The van der Waals surface area contributed by atoms with Crippen molar-refractivity contribution < 1.29 is 9.90 Å². The number of piperidine rings is 1. The molecule has 0 aliphatic carbocycles. The zero-order valence-electron chi connectivity index (χ0n) is 11.4. The van der Waals surface area contributed by atoms with Crippen LogP contribution in [0.1, 0.15) is 28.8 Å². The van der Waals surface area contributed by atoms with Crippen LogP contribution in [0.15, 0.2) is 24.3 Å². The number of hydrogen-bond donors (Lipinski definition) is 2. The number of rotatable bonds is 5. The molecule has 1 heterocycles. The summed E-state index contributed by atoms with van der Waals surface area (Å²) in [5.41, 5.74) is 1.48. The van der Waals surface area contributed by atoms with E-state index in [1.807, 2.05) is 12.1 Å². The van der Waals surface area contributed by atoms with Gasteiger partial charge in [-0.1, -0.05) is 12.1 Å². The van der Waals surface area contributed by atoms with Gasteiger partial charge in [-0.3, -0.25) is 0 Å². The van der Waals surface area contributed by atoms with Crippen LogP contribution in [-0.2, 0) is 6.54 Å². The second-order valence-electron chi connectivity index (χ2n) is 5.40. The Balaban J connectivity index is 1.74. The number of likely N-dealkylation sites (tertiary alicyclic amines) is 1. The van der Waals surface area contributed by atoms with Gasteiger partial charge in [0.1, 0.15) is 0 Å². The normalized spacial score (nSPS) is 20.4. The van der Waals surface area contributed by atoms with Gasteiger partial charge >= 0.3 is 5.97 Å². The van der Waals surface area contributed by atoms with Crippen LogP contribution in [0.25, 0.3) is 0 Å². The van der Waals surface area contributed by atoms with E-state index in [1.54, 1.807) is 12.1 Å². The number of aromatic carboxylic acids is 1. The molecule has 0 spiro atoms. The predicted octanol–water partition coefficient (Wildman–Crippen LogP) is 1.82. The van der Waals surface area contributed by atoms with Crippen LogP contribution >= 0.6 is 0 Å². The quantitative estimate of drug-likeness (QED) is 0.850. The zero-order chi connectivity index (χ0) is 13.7. The van der Waals surface area contributed by atoms with E-state index in [0.29, 0.717) is 5.56 Å². The summed E-state index contributed by atoms with van der Waals surface area (Å²) in [6.07, 6.45) is 2.59. The van der Waals surface area contributed by atoms with Gasteiger partial charge < -0.3 is 15.3 Å². The summed E-state index contributed by atoms with van der Waals surface area (Å²) in [6, 6.07) is 7.08. The molecule has 0 radical (unpaired) electrons. The highest BCUT2D eigenvalue weighted by molar-refractivity contribution is 5.87. The van der Waals surface area contributed by atoms with Crippen molar-refractivity contribution in [3.05, 3.63) is 35.4 Å². The number of benzene rings is 1. The van der Waals surface area contributed by atoms with E-state index in [2.05, 4.69) is 17.3 Å². The van der Waals surface area contributed by atoms with Gasteiger partial charge in [0.15, 0.2) is 0 Å². The van der Waals surface area contributed by atoms with Crippen LogP contribution in [0.5, 0.6) is 0 Å². The van der Waals surface area contributed by atoms with Crippen molar-refractivity contribution in [1.29, 1.82) is 0 Å². The molecule has 1 atom stereocenters. The van der Waals surface area contributed by atoms with E-state index in [-0.39, 0.29) is 0 Å². The first-order chi connectivity index (χ1) is 9.15. The maximum atomic E-state index is 10.7. The molecule has 1 aromatic rings. The molecule has 1 unspecified atom stereocenters. The molecule has 1 aromatic carbocycles. The van der Waals surface area contributed by atoms with Crippen molar-refractivity contribution in [3.63, 3.8) is 0 Å². The van der Waals surface area contributed by atoms with Gasteiger partial charge in [0.05, 0.1) is 5.56 Å². The van der Waals surface area contributed by atoms with Crippen LogP contribution in [0.2, 0.25) is 0 Å². The first kappa shape index (κ1) is 14.0. The molecule has 4 heteroatoms. The molecule has 1 saturated heterocycles. The topological polar surface area (TPSA) is 52.6 Å². The molecule has 0 aromatic heterocycles. The molecule has 104 valence electrons. The fraction of sp³-hybridized carbons (Fsp3) is 0.533. The molecule has 19 heavy (non-hydrogen) atoms. The maximum absolute atomic E-state index is 10.7. The van der Waals surface area contributed by atoms with E-state index in [1.165, 1.54) is 25.9 Å². The lowest BCUT2D eigenvalue weighted by molar-refractivity contribution is 0.0697. The number of nitrogens with one attached hydrogen (secondary N) is 1. The third kappa shape index (κ3) is 4.33. The maximum Gasteiger partial charge on any atom is 0.335 e. The Kier molecular flexibility index (Phi) is 4.93. The van der Waals surface area contributed by atoms with Crippen LogP contribution in [0.3, 0.4) is 0 Å². The van der Waals surface area contributed by atoms with Gasteiger partial charge in [0.2, 0.25) is 0 Å². The molecule has 1 aliphatic rings. The molecule has 1 fully saturated rings. The molecular weight excluding hydrogens is 240 g/mol. The van der Waals surface area contributed by atoms with E-state index in [0.717, 1.165) is 24.6 Å². The predicted molar refractivity (Wildman–Crippen MR) is 75.3 cm³/mol. The Morgan fingerprint density at radius 1 is 1.42 bits per heavy atom. The number of carboxylic acids is 1.